The molecule has 0 aliphatic rings. The normalized spacial score (nSPS) is 10.2. The first kappa shape index (κ1) is 12.2. The molecule has 0 saturated heterocycles. The summed E-state index contributed by atoms with van der Waals surface area (Å²) in [6, 6.07) is 8.97. The maximum Gasteiger partial charge on any atom is 0.233 e. The van der Waals surface area contributed by atoms with Gasteiger partial charge in [-0.2, -0.15) is 0 Å². The van der Waals surface area contributed by atoms with Crippen LogP contribution in [-0.2, 0) is 0 Å². The van der Waals surface area contributed by atoms with E-state index >= 15 is 0 Å². The first-order chi connectivity index (χ1) is 8.60. The van der Waals surface area contributed by atoms with Gasteiger partial charge in [0.1, 0.15) is 5.69 Å². The number of aromatic nitrogens is 2. The van der Waals surface area contributed by atoms with Gasteiger partial charge in [0.25, 0.3) is 0 Å². The standard InChI is InChI=1S/C14H14N2O2/c1-9-6-10(2)8-11(7-9)14(17)12-4-5-13(18-3)16-15-12/h4-8H,1-3H3. The van der Waals surface area contributed by atoms with Gasteiger partial charge >= 0.3 is 0 Å². The Balaban J connectivity index is 2.34. The van der Waals surface area contributed by atoms with Gasteiger partial charge in [-0.3, -0.25) is 4.79 Å². The second-order valence-electron chi connectivity index (χ2n) is 4.17. The molecule has 0 bridgehead atoms. The van der Waals surface area contributed by atoms with Gasteiger partial charge in [-0.15, -0.1) is 10.2 Å². The van der Waals surface area contributed by atoms with Crippen LogP contribution in [0.1, 0.15) is 27.2 Å². The highest BCUT2D eigenvalue weighted by Crippen LogP contribution is 2.13. The number of ether oxygens (including phenoxy) is 1. The summed E-state index contributed by atoms with van der Waals surface area (Å²) in [6.45, 7) is 3.92. The summed E-state index contributed by atoms with van der Waals surface area (Å²) in [5.41, 5.74) is 3.06. The summed E-state index contributed by atoms with van der Waals surface area (Å²) in [5.74, 6) is 0.268. The van der Waals surface area contributed by atoms with Crippen molar-refractivity contribution in [3.8, 4) is 5.88 Å². The number of carbonyl (C=O) groups is 1. The predicted molar refractivity (Wildman–Crippen MR) is 67.9 cm³/mol. The molecule has 0 spiro atoms. The molecule has 18 heavy (non-hydrogen) atoms. The van der Waals surface area contributed by atoms with Crippen molar-refractivity contribution in [1.29, 1.82) is 0 Å². The van der Waals surface area contributed by atoms with Crippen LogP contribution in [0.25, 0.3) is 0 Å². The first-order valence-corrected chi connectivity index (χ1v) is 5.61. The monoisotopic (exact) mass is 242 g/mol. The number of rotatable bonds is 3. The Kier molecular flexibility index (Phi) is 3.37. The Hall–Kier alpha value is -2.23. The summed E-state index contributed by atoms with van der Waals surface area (Å²) in [6.07, 6.45) is 0. The second-order valence-corrected chi connectivity index (χ2v) is 4.17. The minimum Gasteiger partial charge on any atom is -0.480 e. The molecular weight excluding hydrogens is 228 g/mol. The molecule has 1 aromatic carbocycles. The van der Waals surface area contributed by atoms with Crippen molar-refractivity contribution in [1.82, 2.24) is 10.2 Å². The Bertz CT molecular complexity index is 557. The van der Waals surface area contributed by atoms with Gasteiger partial charge in [0, 0.05) is 11.6 Å². The van der Waals surface area contributed by atoms with E-state index in [2.05, 4.69) is 10.2 Å². The van der Waals surface area contributed by atoms with E-state index in [-0.39, 0.29) is 5.78 Å². The van der Waals surface area contributed by atoms with Gasteiger partial charge in [-0.05, 0) is 32.0 Å². The smallest absolute Gasteiger partial charge is 0.233 e. The Labute approximate surface area is 106 Å². The van der Waals surface area contributed by atoms with E-state index in [1.54, 1.807) is 12.1 Å². The van der Waals surface area contributed by atoms with Crippen molar-refractivity contribution in [2.75, 3.05) is 7.11 Å². The fraction of sp³-hybridized carbons (Fsp3) is 0.214. The van der Waals surface area contributed by atoms with Crippen molar-refractivity contribution in [3.05, 3.63) is 52.7 Å². The number of nitrogens with zero attached hydrogens (tertiary/aromatic N) is 2. The van der Waals surface area contributed by atoms with Crippen LogP contribution in [0.2, 0.25) is 0 Å². The van der Waals surface area contributed by atoms with Crippen LogP contribution in [0.5, 0.6) is 5.88 Å². The number of aryl methyl sites for hydroxylation is 2. The maximum absolute atomic E-state index is 12.2. The fourth-order valence-corrected chi connectivity index (χ4v) is 1.80. The predicted octanol–water partition coefficient (Wildman–Crippen LogP) is 2.33. The quantitative estimate of drug-likeness (QED) is 0.775. The van der Waals surface area contributed by atoms with E-state index in [1.807, 2.05) is 32.0 Å². The zero-order valence-corrected chi connectivity index (χ0v) is 10.6. The maximum atomic E-state index is 12.2. The molecule has 0 saturated carbocycles. The third kappa shape index (κ3) is 2.53. The van der Waals surface area contributed by atoms with Gasteiger partial charge < -0.3 is 4.74 Å². The molecule has 4 nitrogen and oxygen atoms in total. The number of hydrogen-bond acceptors (Lipinski definition) is 4. The molecule has 0 atom stereocenters. The van der Waals surface area contributed by atoms with E-state index in [0.29, 0.717) is 17.1 Å². The number of ketones is 1. The molecule has 1 heterocycles. The van der Waals surface area contributed by atoms with Gasteiger partial charge in [0.05, 0.1) is 7.11 Å². The molecule has 0 aliphatic heterocycles. The summed E-state index contributed by atoms with van der Waals surface area (Å²) in [4.78, 5) is 12.2. The van der Waals surface area contributed by atoms with Crippen LogP contribution in [0.4, 0.5) is 0 Å². The molecule has 0 N–H and O–H groups in total. The lowest BCUT2D eigenvalue weighted by molar-refractivity contribution is 0.103. The minimum atomic E-state index is -0.128. The lowest BCUT2D eigenvalue weighted by atomic mass is 10.0. The minimum absolute atomic E-state index is 0.128. The van der Waals surface area contributed by atoms with Crippen molar-refractivity contribution < 1.29 is 9.53 Å². The Morgan fingerprint density at radius 3 is 2.22 bits per heavy atom. The summed E-state index contributed by atoms with van der Waals surface area (Å²) in [5, 5.41) is 7.66. The fourth-order valence-electron chi connectivity index (χ4n) is 1.80. The van der Waals surface area contributed by atoms with Gasteiger partial charge in [-0.25, -0.2) is 0 Å². The first-order valence-electron chi connectivity index (χ1n) is 5.61. The van der Waals surface area contributed by atoms with Crippen LogP contribution >= 0.6 is 0 Å². The molecule has 0 aliphatic carbocycles. The highest BCUT2D eigenvalue weighted by atomic mass is 16.5. The summed E-state index contributed by atoms with van der Waals surface area (Å²) in [7, 11) is 1.51. The third-order valence-corrected chi connectivity index (χ3v) is 2.57. The zero-order valence-electron chi connectivity index (χ0n) is 10.6. The summed E-state index contributed by atoms with van der Waals surface area (Å²) < 4.78 is 4.91. The van der Waals surface area contributed by atoms with Crippen LogP contribution in [0, 0.1) is 13.8 Å². The molecule has 4 heteroatoms. The van der Waals surface area contributed by atoms with Crippen molar-refractivity contribution in [3.63, 3.8) is 0 Å². The molecule has 2 rings (SSSR count). The molecular formula is C14H14N2O2. The van der Waals surface area contributed by atoms with E-state index in [9.17, 15) is 4.79 Å². The SMILES string of the molecule is COc1ccc(C(=O)c2cc(C)cc(C)c2)nn1. The molecule has 0 fully saturated rings. The Morgan fingerprint density at radius 1 is 1.06 bits per heavy atom. The average Bonchev–Trinajstić information content (AvgIpc) is 2.37. The lowest BCUT2D eigenvalue weighted by Gasteiger charge is -2.04. The lowest BCUT2D eigenvalue weighted by Crippen LogP contribution is -2.06. The molecule has 0 amide bonds. The van der Waals surface area contributed by atoms with Gasteiger partial charge in [0.15, 0.2) is 0 Å². The topological polar surface area (TPSA) is 52.1 Å². The van der Waals surface area contributed by atoms with Crippen LogP contribution < -0.4 is 4.74 Å². The number of carbonyl (C=O) groups excluding carboxylic acids is 1. The highest BCUT2D eigenvalue weighted by Gasteiger charge is 2.12. The molecule has 0 radical (unpaired) electrons. The molecule has 92 valence electrons. The van der Waals surface area contributed by atoms with E-state index in [0.717, 1.165) is 11.1 Å². The summed E-state index contributed by atoms with van der Waals surface area (Å²) >= 11 is 0. The third-order valence-electron chi connectivity index (χ3n) is 2.57. The zero-order chi connectivity index (χ0) is 13.1. The number of benzene rings is 1. The molecule has 0 unspecified atom stereocenters. The van der Waals surface area contributed by atoms with E-state index in [4.69, 9.17) is 4.74 Å². The number of methoxy groups -OCH3 is 1. The van der Waals surface area contributed by atoms with Gasteiger partial charge in [-0.1, -0.05) is 17.2 Å². The van der Waals surface area contributed by atoms with E-state index in [1.165, 1.54) is 7.11 Å². The highest BCUT2D eigenvalue weighted by molar-refractivity contribution is 6.07. The van der Waals surface area contributed by atoms with Crippen LogP contribution in [0.3, 0.4) is 0 Å². The van der Waals surface area contributed by atoms with Crippen molar-refractivity contribution in [2.45, 2.75) is 13.8 Å². The average molecular weight is 242 g/mol. The van der Waals surface area contributed by atoms with E-state index < -0.39 is 0 Å². The van der Waals surface area contributed by atoms with Crippen LogP contribution in [-0.4, -0.2) is 23.1 Å². The largest absolute Gasteiger partial charge is 0.480 e. The van der Waals surface area contributed by atoms with Crippen molar-refractivity contribution >= 4 is 5.78 Å². The van der Waals surface area contributed by atoms with Crippen LogP contribution in [0.15, 0.2) is 30.3 Å². The van der Waals surface area contributed by atoms with Gasteiger partial charge in [0.2, 0.25) is 11.7 Å². The number of hydrogen-bond donors (Lipinski definition) is 0. The Morgan fingerprint density at radius 2 is 1.72 bits per heavy atom. The second kappa shape index (κ2) is 4.96. The molecule has 2 aromatic rings. The molecule has 1 aromatic heterocycles. The van der Waals surface area contributed by atoms with Crippen molar-refractivity contribution in [2.24, 2.45) is 0 Å².